The van der Waals surface area contributed by atoms with Gasteiger partial charge in [0.25, 0.3) is 5.69 Å². The van der Waals surface area contributed by atoms with Crippen molar-refractivity contribution in [2.75, 3.05) is 5.32 Å². The maximum absolute atomic E-state index is 11.9. The van der Waals surface area contributed by atoms with Crippen LogP contribution in [0.2, 0.25) is 0 Å². The molecule has 3 aromatic rings. The number of nitro benzene ring substituents is 1. The van der Waals surface area contributed by atoms with Crippen molar-refractivity contribution in [3.05, 3.63) is 69.1 Å². The lowest BCUT2D eigenvalue weighted by Gasteiger charge is -2.04. The van der Waals surface area contributed by atoms with Crippen LogP contribution < -0.4 is 10.9 Å². The van der Waals surface area contributed by atoms with Crippen LogP contribution in [0.5, 0.6) is 0 Å². The third-order valence-corrected chi connectivity index (χ3v) is 2.85. The molecule has 7 nitrogen and oxygen atoms in total. The molecular formula is C14H9N3O4. The molecule has 0 spiro atoms. The van der Waals surface area contributed by atoms with Crippen molar-refractivity contribution in [2.45, 2.75) is 0 Å². The van der Waals surface area contributed by atoms with E-state index >= 15 is 0 Å². The van der Waals surface area contributed by atoms with Gasteiger partial charge in [-0.05, 0) is 18.2 Å². The number of nitrogens with one attached hydrogen (secondary N) is 1. The summed E-state index contributed by atoms with van der Waals surface area (Å²) in [5.74, 6) is 0. The van der Waals surface area contributed by atoms with Crippen LogP contribution >= 0.6 is 0 Å². The molecule has 0 saturated heterocycles. The van der Waals surface area contributed by atoms with Gasteiger partial charge >= 0.3 is 11.6 Å². The quantitative estimate of drug-likeness (QED) is 0.586. The highest BCUT2D eigenvalue weighted by Gasteiger charge is 2.12. The first kappa shape index (κ1) is 12.8. The van der Waals surface area contributed by atoms with Gasteiger partial charge in [0.1, 0.15) is 0 Å². The normalized spacial score (nSPS) is 10.5. The van der Waals surface area contributed by atoms with E-state index in [9.17, 15) is 14.9 Å². The molecule has 3 rings (SSSR count). The number of fused-ring (bicyclic) bond motifs is 1. The smallest absolute Gasteiger partial charge is 0.348 e. The zero-order chi connectivity index (χ0) is 14.8. The minimum atomic E-state index is -0.679. The van der Waals surface area contributed by atoms with E-state index in [1.807, 2.05) is 18.2 Å². The molecule has 0 bridgehead atoms. The topological polar surface area (TPSA) is 98.3 Å². The number of aromatic nitrogens is 1. The van der Waals surface area contributed by atoms with E-state index in [4.69, 9.17) is 4.42 Å². The van der Waals surface area contributed by atoms with Crippen LogP contribution in [0.25, 0.3) is 10.9 Å². The van der Waals surface area contributed by atoms with Gasteiger partial charge in [-0.2, -0.15) is 4.98 Å². The molecule has 1 aromatic heterocycles. The Bertz CT molecular complexity index is 874. The number of benzene rings is 2. The van der Waals surface area contributed by atoms with E-state index in [0.717, 1.165) is 11.8 Å². The molecule has 1 heterocycles. The monoisotopic (exact) mass is 283 g/mol. The van der Waals surface area contributed by atoms with Crippen LogP contribution in [-0.2, 0) is 0 Å². The Morgan fingerprint density at radius 1 is 1.14 bits per heavy atom. The summed E-state index contributed by atoms with van der Waals surface area (Å²) in [5, 5.41) is 13.6. The molecule has 0 aliphatic carbocycles. The SMILES string of the molecule is O=c1oc(Nc2ccccc2)nc2ccc([N+](=O)[O-])cc12. The predicted molar refractivity (Wildman–Crippen MR) is 76.7 cm³/mol. The third-order valence-electron chi connectivity index (χ3n) is 2.85. The second-order valence-electron chi connectivity index (χ2n) is 4.26. The average Bonchev–Trinajstić information content (AvgIpc) is 2.48. The van der Waals surface area contributed by atoms with Crippen LogP contribution in [0.1, 0.15) is 0 Å². The van der Waals surface area contributed by atoms with Gasteiger partial charge in [-0.3, -0.25) is 10.1 Å². The van der Waals surface area contributed by atoms with Crippen molar-refractivity contribution in [1.82, 2.24) is 4.98 Å². The van der Waals surface area contributed by atoms with Crippen molar-refractivity contribution in [1.29, 1.82) is 0 Å². The lowest BCUT2D eigenvalue weighted by atomic mass is 10.2. The highest BCUT2D eigenvalue weighted by Crippen LogP contribution is 2.19. The Hall–Kier alpha value is -3.22. The minimum Gasteiger partial charge on any atom is -0.388 e. The number of para-hydroxylation sites is 1. The van der Waals surface area contributed by atoms with Gasteiger partial charge in [0.15, 0.2) is 0 Å². The highest BCUT2D eigenvalue weighted by atomic mass is 16.6. The maximum atomic E-state index is 11.9. The fourth-order valence-electron chi connectivity index (χ4n) is 1.87. The molecule has 2 aromatic carbocycles. The fourth-order valence-corrected chi connectivity index (χ4v) is 1.87. The van der Waals surface area contributed by atoms with Crippen LogP contribution in [-0.4, -0.2) is 9.91 Å². The first-order chi connectivity index (χ1) is 10.1. The highest BCUT2D eigenvalue weighted by molar-refractivity contribution is 5.80. The van der Waals surface area contributed by atoms with E-state index in [-0.39, 0.29) is 17.1 Å². The average molecular weight is 283 g/mol. The Labute approximate surface area is 118 Å². The summed E-state index contributed by atoms with van der Waals surface area (Å²) in [6.45, 7) is 0. The lowest BCUT2D eigenvalue weighted by Crippen LogP contribution is -2.05. The molecule has 0 amide bonds. The standard InChI is InChI=1S/C14H9N3O4/c18-13-11-8-10(17(19)20)6-7-12(11)16-14(21-13)15-9-4-2-1-3-5-9/h1-8H,(H,15,16). The Morgan fingerprint density at radius 3 is 2.62 bits per heavy atom. The van der Waals surface area contributed by atoms with Gasteiger partial charge < -0.3 is 9.73 Å². The second-order valence-corrected chi connectivity index (χ2v) is 4.26. The number of rotatable bonds is 3. The summed E-state index contributed by atoms with van der Waals surface area (Å²) in [6.07, 6.45) is 0. The number of non-ortho nitro benzene ring substituents is 1. The summed E-state index contributed by atoms with van der Waals surface area (Å²) < 4.78 is 5.03. The van der Waals surface area contributed by atoms with Gasteiger partial charge in [0, 0.05) is 17.8 Å². The van der Waals surface area contributed by atoms with Gasteiger partial charge in [-0.25, -0.2) is 4.79 Å². The molecular weight excluding hydrogens is 274 g/mol. The molecule has 0 radical (unpaired) electrons. The second kappa shape index (κ2) is 5.04. The number of nitro groups is 1. The molecule has 0 fully saturated rings. The van der Waals surface area contributed by atoms with Crippen molar-refractivity contribution in [3.63, 3.8) is 0 Å². The number of nitrogens with zero attached hydrogens (tertiary/aromatic N) is 2. The maximum Gasteiger partial charge on any atom is 0.348 e. The van der Waals surface area contributed by atoms with Crippen LogP contribution in [0.15, 0.2) is 57.7 Å². The van der Waals surface area contributed by atoms with Gasteiger partial charge in [0.2, 0.25) is 0 Å². The van der Waals surface area contributed by atoms with Crippen LogP contribution in [0, 0.1) is 10.1 Å². The Balaban J connectivity index is 2.06. The Morgan fingerprint density at radius 2 is 1.90 bits per heavy atom. The molecule has 7 heteroatoms. The minimum absolute atomic E-state index is 0.0348. The van der Waals surface area contributed by atoms with E-state index in [2.05, 4.69) is 10.3 Å². The first-order valence-corrected chi connectivity index (χ1v) is 6.05. The summed E-state index contributed by atoms with van der Waals surface area (Å²) in [6, 6.07) is 13.0. The number of anilines is 2. The fraction of sp³-hybridized carbons (Fsp3) is 0. The molecule has 0 saturated carbocycles. The predicted octanol–water partition coefficient (Wildman–Crippen LogP) is 2.84. The molecule has 0 atom stereocenters. The number of hydrogen-bond acceptors (Lipinski definition) is 6. The molecule has 0 aliphatic rings. The summed E-state index contributed by atoms with van der Waals surface area (Å²) in [5.41, 5.74) is 0.187. The zero-order valence-electron chi connectivity index (χ0n) is 10.6. The molecule has 104 valence electrons. The molecule has 21 heavy (non-hydrogen) atoms. The molecule has 0 unspecified atom stereocenters. The van der Waals surface area contributed by atoms with E-state index in [0.29, 0.717) is 5.52 Å². The largest absolute Gasteiger partial charge is 0.388 e. The van der Waals surface area contributed by atoms with Gasteiger partial charge in [-0.1, -0.05) is 18.2 Å². The summed E-state index contributed by atoms with van der Waals surface area (Å²) in [7, 11) is 0. The number of hydrogen-bond donors (Lipinski definition) is 1. The lowest BCUT2D eigenvalue weighted by molar-refractivity contribution is -0.384. The van der Waals surface area contributed by atoms with Crippen molar-refractivity contribution >= 4 is 28.3 Å². The third kappa shape index (κ3) is 2.57. The van der Waals surface area contributed by atoms with E-state index in [1.54, 1.807) is 12.1 Å². The Kier molecular flexibility index (Phi) is 3.07. The molecule has 1 N–H and O–H groups in total. The van der Waals surface area contributed by atoms with E-state index < -0.39 is 10.5 Å². The molecule has 0 aliphatic heterocycles. The van der Waals surface area contributed by atoms with Crippen molar-refractivity contribution in [2.24, 2.45) is 0 Å². The van der Waals surface area contributed by atoms with Gasteiger partial charge in [0.05, 0.1) is 15.8 Å². The first-order valence-electron chi connectivity index (χ1n) is 6.05. The zero-order valence-corrected chi connectivity index (χ0v) is 10.6. The van der Waals surface area contributed by atoms with Crippen LogP contribution in [0.3, 0.4) is 0 Å². The summed E-state index contributed by atoms with van der Waals surface area (Å²) >= 11 is 0. The van der Waals surface area contributed by atoms with Crippen molar-refractivity contribution in [3.8, 4) is 0 Å². The van der Waals surface area contributed by atoms with Crippen molar-refractivity contribution < 1.29 is 9.34 Å². The van der Waals surface area contributed by atoms with Gasteiger partial charge in [-0.15, -0.1) is 0 Å². The summed E-state index contributed by atoms with van der Waals surface area (Å²) in [4.78, 5) is 26.2. The van der Waals surface area contributed by atoms with Crippen LogP contribution in [0.4, 0.5) is 17.4 Å². The van der Waals surface area contributed by atoms with E-state index in [1.165, 1.54) is 12.1 Å².